The van der Waals surface area contributed by atoms with Gasteiger partial charge in [-0.1, -0.05) is 30.0 Å². The summed E-state index contributed by atoms with van der Waals surface area (Å²) in [6.45, 7) is 0.218. The number of carbonyl (C=O) groups is 2. The lowest BCUT2D eigenvalue weighted by Gasteiger charge is -2.06. The zero-order chi connectivity index (χ0) is 16.8. The highest BCUT2D eigenvalue weighted by molar-refractivity contribution is 8.00. The van der Waals surface area contributed by atoms with E-state index in [-0.39, 0.29) is 12.3 Å². The van der Waals surface area contributed by atoms with E-state index in [0.717, 1.165) is 10.9 Å². The molecule has 3 aromatic rings. The second-order valence-electron chi connectivity index (χ2n) is 4.79. The van der Waals surface area contributed by atoms with Crippen LogP contribution in [0.5, 0.6) is 0 Å². The molecular weight excluding hydrogens is 328 g/mol. The number of carbonyl (C=O) groups excluding carboxylic acids is 2. The van der Waals surface area contributed by atoms with Crippen molar-refractivity contribution in [1.82, 2.24) is 20.6 Å². The van der Waals surface area contributed by atoms with Crippen LogP contribution in [0.15, 0.2) is 58.4 Å². The average Bonchev–Trinajstić information content (AvgIpc) is 3.11. The summed E-state index contributed by atoms with van der Waals surface area (Å²) in [5, 5.41) is 6.39. The highest BCUT2D eigenvalue weighted by Crippen LogP contribution is 2.23. The van der Waals surface area contributed by atoms with Crippen LogP contribution in [0.2, 0.25) is 0 Å². The second kappa shape index (κ2) is 7.60. The van der Waals surface area contributed by atoms with Crippen molar-refractivity contribution in [3.8, 4) is 0 Å². The molecule has 0 fully saturated rings. The number of para-hydroxylation sites is 1. The fourth-order valence-corrected chi connectivity index (χ4v) is 2.81. The monoisotopic (exact) mass is 342 g/mol. The molecule has 1 aromatic carbocycles. The number of thioether (sulfide) groups is 1. The first-order valence-corrected chi connectivity index (χ1v) is 8.13. The van der Waals surface area contributed by atoms with Crippen molar-refractivity contribution in [1.29, 1.82) is 0 Å². The number of imide groups is 1. The Labute approximate surface area is 141 Å². The molecule has 7 nitrogen and oxygen atoms in total. The van der Waals surface area contributed by atoms with Crippen molar-refractivity contribution in [3.05, 3.63) is 54.7 Å². The van der Waals surface area contributed by atoms with E-state index in [0.29, 0.717) is 10.8 Å². The molecule has 3 amide bonds. The smallest absolute Gasteiger partial charge is 0.321 e. The van der Waals surface area contributed by atoms with Gasteiger partial charge in [-0.15, -0.1) is 0 Å². The largest absolute Gasteiger partial charge is 0.467 e. The molecule has 2 N–H and O–H groups in total. The van der Waals surface area contributed by atoms with Gasteiger partial charge in [0.15, 0.2) is 0 Å². The maximum Gasteiger partial charge on any atom is 0.321 e. The van der Waals surface area contributed by atoms with Crippen molar-refractivity contribution in [2.45, 2.75) is 11.6 Å². The second-order valence-corrected chi connectivity index (χ2v) is 5.76. The summed E-state index contributed by atoms with van der Waals surface area (Å²) in [5.74, 6) is 0.286. The molecule has 0 saturated heterocycles. The van der Waals surface area contributed by atoms with Gasteiger partial charge in [-0.3, -0.25) is 10.1 Å². The number of fused-ring (bicyclic) bond motifs is 1. The summed E-state index contributed by atoms with van der Waals surface area (Å²) in [6, 6.07) is 10.4. The SMILES string of the molecule is O=C(CSc1ncnc2ccccc12)NC(=O)NCc1ccco1. The Bertz CT molecular complexity index is 846. The number of benzene rings is 1. The lowest BCUT2D eigenvalue weighted by Crippen LogP contribution is -2.39. The van der Waals surface area contributed by atoms with Crippen LogP contribution in [0.1, 0.15) is 5.76 Å². The highest BCUT2D eigenvalue weighted by atomic mass is 32.2. The number of amides is 3. The van der Waals surface area contributed by atoms with Crippen molar-refractivity contribution in [2.75, 3.05) is 5.75 Å². The minimum Gasteiger partial charge on any atom is -0.467 e. The summed E-state index contributed by atoms with van der Waals surface area (Å²) in [4.78, 5) is 31.9. The molecule has 24 heavy (non-hydrogen) atoms. The molecule has 2 heterocycles. The normalized spacial score (nSPS) is 10.5. The molecule has 0 radical (unpaired) electrons. The first-order valence-electron chi connectivity index (χ1n) is 7.15. The quantitative estimate of drug-likeness (QED) is 0.546. The first kappa shape index (κ1) is 16.0. The standard InChI is InChI=1S/C16H14N4O3S/c21-14(20-16(22)17-8-11-4-3-7-23-11)9-24-15-12-5-1-2-6-13(12)18-10-19-15/h1-7,10H,8-9H2,(H2,17,20,21,22). The van der Waals surface area contributed by atoms with Crippen LogP contribution in [0.4, 0.5) is 4.79 Å². The van der Waals surface area contributed by atoms with E-state index in [1.807, 2.05) is 24.3 Å². The zero-order valence-corrected chi connectivity index (χ0v) is 13.4. The van der Waals surface area contributed by atoms with Crippen LogP contribution < -0.4 is 10.6 Å². The topological polar surface area (TPSA) is 97.1 Å². The number of furan rings is 1. The van der Waals surface area contributed by atoms with E-state index in [1.165, 1.54) is 24.4 Å². The van der Waals surface area contributed by atoms with Crippen LogP contribution in [-0.2, 0) is 11.3 Å². The molecule has 2 aromatic heterocycles. The Hall–Kier alpha value is -2.87. The summed E-state index contributed by atoms with van der Waals surface area (Å²) in [6.07, 6.45) is 2.97. The van der Waals surface area contributed by atoms with Gasteiger partial charge >= 0.3 is 6.03 Å². The summed E-state index contributed by atoms with van der Waals surface area (Å²) < 4.78 is 5.09. The molecule has 0 bridgehead atoms. The summed E-state index contributed by atoms with van der Waals surface area (Å²) in [7, 11) is 0. The highest BCUT2D eigenvalue weighted by Gasteiger charge is 2.10. The molecular formula is C16H14N4O3S. The Morgan fingerprint density at radius 1 is 1.12 bits per heavy atom. The van der Waals surface area contributed by atoms with Crippen molar-refractivity contribution in [3.63, 3.8) is 0 Å². The van der Waals surface area contributed by atoms with Crippen LogP contribution in [0.25, 0.3) is 10.9 Å². The molecule has 0 aliphatic rings. The Kier molecular flexibility index (Phi) is 5.07. The lowest BCUT2D eigenvalue weighted by atomic mass is 10.2. The number of hydrogen-bond acceptors (Lipinski definition) is 6. The van der Waals surface area contributed by atoms with Gasteiger partial charge in [0, 0.05) is 5.39 Å². The van der Waals surface area contributed by atoms with Crippen molar-refractivity contribution >= 4 is 34.6 Å². The average molecular weight is 342 g/mol. The van der Waals surface area contributed by atoms with Crippen LogP contribution in [-0.4, -0.2) is 27.7 Å². The third-order valence-corrected chi connectivity index (χ3v) is 4.11. The fourth-order valence-electron chi connectivity index (χ4n) is 2.02. The van der Waals surface area contributed by atoms with Gasteiger partial charge in [-0.2, -0.15) is 0 Å². The number of urea groups is 1. The zero-order valence-electron chi connectivity index (χ0n) is 12.6. The van der Waals surface area contributed by atoms with Gasteiger partial charge in [0.2, 0.25) is 5.91 Å². The third kappa shape index (κ3) is 4.11. The van der Waals surface area contributed by atoms with Gasteiger partial charge in [0.25, 0.3) is 0 Å². The summed E-state index contributed by atoms with van der Waals surface area (Å²) in [5.41, 5.74) is 0.812. The molecule has 0 aliphatic carbocycles. The molecule has 0 unspecified atom stereocenters. The minimum absolute atomic E-state index is 0.0786. The molecule has 122 valence electrons. The molecule has 0 spiro atoms. The van der Waals surface area contributed by atoms with E-state index < -0.39 is 11.9 Å². The Balaban J connectivity index is 1.50. The predicted octanol–water partition coefficient (Wildman–Crippen LogP) is 2.34. The van der Waals surface area contributed by atoms with E-state index in [4.69, 9.17) is 4.42 Å². The number of rotatable bonds is 5. The van der Waals surface area contributed by atoms with Crippen molar-refractivity contribution in [2.24, 2.45) is 0 Å². The van der Waals surface area contributed by atoms with Gasteiger partial charge in [0.1, 0.15) is 17.1 Å². The van der Waals surface area contributed by atoms with Gasteiger partial charge in [-0.25, -0.2) is 14.8 Å². The maximum atomic E-state index is 11.9. The minimum atomic E-state index is -0.565. The van der Waals surface area contributed by atoms with Crippen LogP contribution in [0.3, 0.4) is 0 Å². The summed E-state index contributed by atoms with van der Waals surface area (Å²) >= 11 is 1.25. The Morgan fingerprint density at radius 2 is 2.00 bits per heavy atom. The molecule has 8 heteroatoms. The van der Waals surface area contributed by atoms with Gasteiger partial charge in [-0.05, 0) is 18.2 Å². The van der Waals surface area contributed by atoms with Gasteiger partial charge in [0.05, 0.1) is 24.1 Å². The van der Waals surface area contributed by atoms with E-state index >= 15 is 0 Å². The number of nitrogens with zero attached hydrogens (tertiary/aromatic N) is 2. The van der Waals surface area contributed by atoms with Crippen molar-refractivity contribution < 1.29 is 14.0 Å². The van der Waals surface area contributed by atoms with E-state index in [9.17, 15) is 9.59 Å². The number of hydrogen-bond donors (Lipinski definition) is 2. The third-order valence-electron chi connectivity index (χ3n) is 3.10. The van der Waals surface area contributed by atoms with E-state index in [1.54, 1.807) is 12.1 Å². The van der Waals surface area contributed by atoms with Crippen LogP contribution >= 0.6 is 11.8 Å². The predicted molar refractivity (Wildman–Crippen MR) is 89.3 cm³/mol. The molecule has 0 aliphatic heterocycles. The Morgan fingerprint density at radius 3 is 2.83 bits per heavy atom. The first-order chi connectivity index (χ1) is 11.7. The lowest BCUT2D eigenvalue weighted by molar-refractivity contribution is -0.117. The van der Waals surface area contributed by atoms with Gasteiger partial charge < -0.3 is 9.73 Å². The van der Waals surface area contributed by atoms with Crippen LogP contribution in [0, 0.1) is 0 Å². The van der Waals surface area contributed by atoms with E-state index in [2.05, 4.69) is 20.6 Å². The molecule has 0 atom stereocenters. The molecule has 3 rings (SSSR count). The number of aromatic nitrogens is 2. The maximum absolute atomic E-state index is 11.9. The molecule has 0 saturated carbocycles. The fraction of sp³-hybridized carbons (Fsp3) is 0.125. The number of nitrogens with one attached hydrogen (secondary N) is 2.